The van der Waals surface area contributed by atoms with Crippen molar-refractivity contribution in [3.63, 3.8) is 0 Å². The monoisotopic (exact) mass is 314 g/mol. The SMILES string of the molecule is CC1CCCC(NC(=O)Cc2ccc(N3CCCC3=O)cc2)C1. The van der Waals surface area contributed by atoms with E-state index >= 15 is 0 Å². The lowest BCUT2D eigenvalue weighted by atomic mass is 9.87. The number of nitrogens with zero attached hydrogens (tertiary/aromatic N) is 1. The topological polar surface area (TPSA) is 49.4 Å². The number of hydrogen-bond donors (Lipinski definition) is 1. The molecule has 1 aromatic carbocycles. The second-order valence-corrected chi connectivity index (χ2v) is 7.03. The molecule has 4 nitrogen and oxygen atoms in total. The average Bonchev–Trinajstić information content (AvgIpc) is 2.94. The minimum Gasteiger partial charge on any atom is -0.353 e. The Bertz CT molecular complexity index is 567. The lowest BCUT2D eigenvalue weighted by molar-refractivity contribution is -0.121. The second kappa shape index (κ2) is 7.16. The highest BCUT2D eigenvalue weighted by atomic mass is 16.2. The molecule has 0 bridgehead atoms. The number of amides is 2. The van der Waals surface area contributed by atoms with Gasteiger partial charge in [0.1, 0.15) is 0 Å². The number of benzene rings is 1. The van der Waals surface area contributed by atoms with Crippen molar-refractivity contribution >= 4 is 17.5 Å². The van der Waals surface area contributed by atoms with Crippen molar-refractivity contribution in [1.82, 2.24) is 5.32 Å². The van der Waals surface area contributed by atoms with Gasteiger partial charge in [-0.2, -0.15) is 0 Å². The number of carbonyl (C=O) groups is 2. The van der Waals surface area contributed by atoms with E-state index in [9.17, 15) is 9.59 Å². The fourth-order valence-electron chi connectivity index (χ4n) is 3.74. The third kappa shape index (κ3) is 4.12. The maximum absolute atomic E-state index is 12.2. The van der Waals surface area contributed by atoms with Crippen molar-refractivity contribution in [3.8, 4) is 0 Å². The van der Waals surface area contributed by atoms with Crippen LogP contribution in [-0.4, -0.2) is 24.4 Å². The van der Waals surface area contributed by atoms with Gasteiger partial charge in [0, 0.05) is 24.7 Å². The smallest absolute Gasteiger partial charge is 0.227 e. The molecule has 1 N–H and O–H groups in total. The van der Waals surface area contributed by atoms with Gasteiger partial charge in [0.15, 0.2) is 0 Å². The summed E-state index contributed by atoms with van der Waals surface area (Å²) in [5, 5.41) is 3.17. The molecule has 2 amide bonds. The van der Waals surface area contributed by atoms with Crippen LogP contribution in [0.1, 0.15) is 51.0 Å². The Labute approximate surface area is 138 Å². The average molecular weight is 314 g/mol. The number of rotatable bonds is 4. The molecule has 3 rings (SSSR count). The molecule has 2 unspecified atom stereocenters. The Kier molecular flexibility index (Phi) is 4.99. The van der Waals surface area contributed by atoms with Gasteiger partial charge in [0.25, 0.3) is 0 Å². The number of hydrogen-bond acceptors (Lipinski definition) is 2. The molecule has 1 saturated carbocycles. The van der Waals surface area contributed by atoms with E-state index in [1.165, 1.54) is 12.8 Å². The standard InChI is InChI=1S/C19H26N2O2/c1-14-4-2-5-16(12-14)20-18(22)13-15-7-9-17(10-8-15)21-11-3-6-19(21)23/h7-10,14,16H,2-6,11-13H2,1H3,(H,20,22). The fourth-order valence-corrected chi connectivity index (χ4v) is 3.74. The van der Waals surface area contributed by atoms with E-state index in [-0.39, 0.29) is 11.8 Å². The molecule has 1 aliphatic heterocycles. The first-order valence-corrected chi connectivity index (χ1v) is 8.80. The number of carbonyl (C=O) groups excluding carboxylic acids is 2. The highest BCUT2D eigenvalue weighted by molar-refractivity contribution is 5.95. The van der Waals surface area contributed by atoms with Gasteiger partial charge >= 0.3 is 0 Å². The molecule has 2 atom stereocenters. The van der Waals surface area contributed by atoms with E-state index in [0.717, 1.165) is 37.1 Å². The Balaban J connectivity index is 1.53. The summed E-state index contributed by atoms with van der Waals surface area (Å²) in [7, 11) is 0. The predicted molar refractivity (Wildman–Crippen MR) is 91.3 cm³/mol. The summed E-state index contributed by atoms with van der Waals surface area (Å²) in [5.41, 5.74) is 1.94. The quantitative estimate of drug-likeness (QED) is 0.928. The normalized spacial score (nSPS) is 24.7. The van der Waals surface area contributed by atoms with E-state index in [0.29, 0.717) is 24.8 Å². The summed E-state index contributed by atoms with van der Waals surface area (Å²) >= 11 is 0. The van der Waals surface area contributed by atoms with Gasteiger partial charge in [0.05, 0.1) is 6.42 Å². The van der Waals surface area contributed by atoms with E-state index in [1.807, 2.05) is 29.2 Å². The summed E-state index contributed by atoms with van der Waals surface area (Å²) in [5.74, 6) is 1.02. The molecule has 4 heteroatoms. The summed E-state index contributed by atoms with van der Waals surface area (Å²) in [4.78, 5) is 25.8. The largest absolute Gasteiger partial charge is 0.353 e. The van der Waals surface area contributed by atoms with Crippen molar-refractivity contribution in [2.45, 2.75) is 57.9 Å². The minimum absolute atomic E-state index is 0.106. The van der Waals surface area contributed by atoms with Crippen LogP contribution in [0.4, 0.5) is 5.69 Å². The van der Waals surface area contributed by atoms with Gasteiger partial charge in [-0.25, -0.2) is 0 Å². The van der Waals surface area contributed by atoms with Crippen molar-refractivity contribution in [2.24, 2.45) is 5.92 Å². The third-order valence-electron chi connectivity index (χ3n) is 4.99. The molecule has 1 saturated heterocycles. The van der Waals surface area contributed by atoms with Crippen molar-refractivity contribution < 1.29 is 9.59 Å². The zero-order chi connectivity index (χ0) is 16.2. The molecule has 124 valence electrons. The van der Waals surface area contributed by atoms with Crippen molar-refractivity contribution in [3.05, 3.63) is 29.8 Å². The second-order valence-electron chi connectivity index (χ2n) is 7.03. The van der Waals surface area contributed by atoms with Crippen LogP contribution in [-0.2, 0) is 16.0 Å². The van der Waals surface area contributed by atoms with Gasteiger partial charge in [0.2, 0.25) is 11.8 Å². The van der Waals surface area contributed by atoms with Crippen LogP contribution in [0, 0.1) is 5.92 Å². The van der Waals surface area contributed by atoms with E-state index in [1.54, 1.807) is 0 Å². The Morgan fingerprint density at radius 1 is 1.22 bits per heavy atom. The molecule has 1 heterocycles. The van der Waals surface area contributed by atoms with Crippen molar-refractivity contribution in [1.29, 1.82) is 0 Å². The molecule has 0 aromatic heterocycles. The van der Waals surface area contributed by atoms with Crippen LogP contribution in [0.5, 0.6) is 0 Å². The van der Waals surface area contributed by atoms with Crippen LogP contribution in [0.3, 0.4) is 0 Å². The molecule has 0 radical (unpaired) electrons. The summed E-state index contributed by atoms with van der Waals surface area (Å²) in [6.45, 7) is 3.06. The van der Waals surface area contributed by atoms with Gasteiger partial charge in [-0.05, 0) is 42.9 Å². The highest BCUT2D eigenvalue weighted by Crippen LogP contribution is 2.24. The first-order chi connectivity index (χ1) is 11.1. The molecule has 2 aliphatic rings. The number of anilines is 1. The molecule has 1 aromatic rings. The van der Waals surface area contributed by atoms with Crippen LogP contribution in [0.2, 0.25) is 0 Å². The first-order valence-electron chi connectivity index (χ1n) is 8.80. The zero-order valence-corrected chi connectivity index (χ0v) is 13.9. The highest BCUT2D eigenvalue weighted by Gasteiger charge is 2.22. The summed E-state index contributed by atoms with van der Waals surface area (Å²) < 4.78 is 0. The van der Waals surface area contributed by atoms with Gasteiger partial charge in [-0.15, -0.1) is 0 Å². The molecule has 0 spiro atoms. The molecule has 23 heavy (non-hydrogen) atoms. The van der Waals surface area contributed by atoms with Gasteiger partial charge in [-0.3, -0.25) is 9.59 Å². The van der Waals surface area contributed by atoms with Gasteiger partial charge in [-0.1, -0.05) is 31.9 Å². The van der Waals surface area contributed by atoms with E-state index < -0.39 is 0 Å². The van der Waals surface area contributed by atoms with Crippen LogP contribution in [0.15, 0.2) is 24.3 Å². The van der Waals surface area contributed by atoms with E-state index in [2.05, 4.69) is 12.2 Å². The fraction of sp³-hybridized carbons (Fsp3) is 0.579. The molecule has 2 fully saturated rings. The Morgan fingerprint density at radius 2 is 2.00 bits per heavy atom. The third-order valence-corrected chi connectivity index (χ3v) is 4.99. The molecule has 1 aliphatic carbocycles. The lowest BCUT2D eigenvalue weighted by Gasteiger charge is -2.27. The van der Waals surface area contributed by atoms with E-state index in [4.69, 9.17) is 0 Å². The van der Waals surface area contributed by atoms with Crippen molar-refractivity contribution in [2.75, 3.05) is 11.4 Å². The number of nitrogens with one attached hydrogen (secondary N) is 1. The van der Waals surface area contributed by atoms with Gasteiger partial charge < -0.3 is 10.2 Å². The minimum atomic E-state index is 0.106. The van der Waals surface area contributed by atoms with Crippen LogP contribution < -0.4 is 10.2 Å². The maximum Gasteiger partial charge on any atom is 0.227 e. The zero-order valence-electron chi connectivity index (χ0n) is 13.9. The summed E-state index contributed by atoms with van der Waals surface area (Å²) in [6.07, 6.45) is 6.69. The Morgan fingerprint density at radius 3 is 2.65 bits per heavy atom. The lowest BCUT2D eigenvalue weighted by Crippen LogP contribution is -2.38. The van der Waals surface area contributed by atoms with Crippen LogP contribution >= 0.6 is 0 Å². The maximum atomic E-state index is 12.2. The Hall–Kier alpha value is -1.84. The first kappa shape index (κ1) is 16.0. The van der Waals surface area contributed by atoms with Crippen LogP contribution in [0.25, 0.3) is 0 Å². The predicted octanol–water partition coefficient (Wildman–Crippen LogP) is 3.05. The molecular formula is C19H26N2O2. The summed E-state index contributed by atoms with van der Waals surface area (Å²) in [6, 6.07) is 8.17. The molecular weight excluding hydrogens is 288 g/mol.